The molecule has 0 aliphatic carbocycles. The molecule has 3 N–H and O–H groups in total. The van der Waals surface area contributed by atoms with Crippen molar-refractivity contribution in [2.75, 3.05) is 55.7 Å². The number of nitrogens with one attached hydrogen (secondary N) is 1. The molecule has 1 unspecified atom stereocenters. The van der Waals surface area contributed by atoms with Gasteiger partial charge in [0.15, 0.2) is 5.96 Å². The van der Waals surface area contributed by atoms with Gasteiger partial charge in [-0.3, -0.25) is 4.99 Å². The molecule has 1 aromatic carbocycles. The third-order valence-electron chi connectivity index (χ3n) is 4.74. The van der Waals surface area contributed by atoms with Crippen molar-refractivity contribution >= 4 is 47.4 Å². The van der Waals surface area contributed by atoms with Crippen LogP contribution < -0.4 is 10.2 Å². The van der Waals surface area contributed by atoms with Gasteiger partial charge in [-0.15, -0.1) is 24.0 Å². The third-order valence-corrected chi connectivity index (χ3v) is 5.98. The number of piperazine rings is 1. The number of guanidine groups is 1. The molecular weight excluding hydrogens is 463 g/mol. The lowest BCUT2D eigenvalue weighted by Gasteiger charge is -2.38. The fourth-order valence-electron chi connectivity index (χ4n) is 3.26. The molecule has 2 fully saturated rings. The van der Waals surface area contributed by atoms with Gasteiger partial charge in [-0.2, -0.15) is 11.8 Å². The second-order valence-corrected chi connectivity index (χ2v) is 7.77. The Bertz CT molecular complexity index is 603. The molecule has 0 radical (unpaired) electrons. The van der Waals surface area contributed by atoms with E-state index in [9.17, 15) is 10.2 Å². The van der Waals surface area contributed by atoms with Gasteiger partial charge < -0.3 is 25.3 Å². The highest BCUT2D eigenvalue weighted by atomic mass is 127. The van der Waals surface area contributed by atoms with E-state index in [-0.39, 0.29) is 24.0 Å². The minimum absolute atomic E-state index is 0. The summed E-state index contributed by atoms with van der Waals surface area (Å²) in [6.45, 7) is 6.69. The van der Waals surface area contributed by atoms with Gasteiger partial charge in [-0.05, 0) is 31.2 Å². The van der Waals surface area contributed by atoms with Crippen molar-refractivity contribution in [2.45, 2.75) is 18.9 Å². The zero-order valence-electron chi connectivity index (χ0n) is 15.2. The van der Waals surface area contributed by atoms with Crippen LogP contribution in [0.15, 0.2) is 29.3 Å². The normalized spacial score (nSPS) is 23.7. The summed E-state index contributed by atoms with van der Waals surface area (Å²) in [4.78, 5) is 9.15. The van der Waals surface area contributed by atoms with Crippen LogP contribution in [0.2, 0.25) is 0 Å². The molecule has 8 heteroatoms. The first-order valence-corrected chi connectivity index (χ1v) is 10.1. The summed E-state index contributed by atoms with van der Waals surface area (Å²) < 4.78 is 0. The molecule has 0 spiro atoms. The highest BCUT2D eigenvalue weighted by molar-refractivity contribution is 14.0. The lowest BCUT2D eigenvalue weighted by Crippen LogP contribution is -2.53. The van der Waals surface area contributed by atoms with Gasteiger partial charge >= 0.3 is 0 Å². The van der Waals surface area contributed by atoms with E-state index < -0.39 is 5.60 Å². The molecule has 0 saturated carbocycles. The highest BCUT2D eigenvalue weighted by Crippen LogP contribution is 2.29. The first kappa shape index (κ1) is 21.4. The molecule has 6 nitrogen and oxygen atoms in total. The van der Waals surface area contributed by atoms with Crippen LogP contribution >= 0.6 is 35.7 Å². The number of anilines is 1. The van der Waals surface area contributed by atoms with E-state index in [0.29, 0.717) is 12.3 Å². The van der Waals surface area contributed by atoms with Crippen molar-refractivity contribution in [3.8, 4) is 5.75 Å². The number of halogens is 1. The molecule has 0 amide bonds. The van der Waals surface area contributed by atoms with Crippen LogP contribution in [0.25, 0.3) is 0 Å². The predicted octanol–water partition coefficient (Wildman–Crippen LogP) is 1.97. The van der Waals surface area contributed by atoms with Crippen molar-refractivity contribution in [1.29, 1.82) is 0 Å². The number of hydrogen-bond donors (Lipinski definition) is 3. The third kappa shape index (κ3) is 5.32. The standard InChI is InChI=1S/C18H28N4O2S.HI/c1-2-19-17(20-13-18(24)7-12-25-14-18)22-10-8-21(9-11-22)15-5-3-4-6-16(15)23;/h3-6,23-24H,2,7-14H2,1H3,(H,19,20);1H. The van der Waals surface area contributed by atoms with Gasteiger partial charge in [-0.1, -0.05) is 12.1 Å². The van der Waals surface area contributed by atoms with Crippen molar-refractivity contribution < 1.29 is 10.2 Å². The molecule has 1 atom stereocenters. The van der Waals surface area contributed by atoms with E-state index in [4.69, 9.17) is 4.99 Å². The monoisotopic (exact) mass is 492 g/mol. The molecule has 2 aliphatic rings. The average molecular weight is 492 g/mol. The fourth-order valence-corrected chi connectivity index (χ4v) is 4.54. The number of rotatable bonds is 4. The fraction of sp³-hybridized carbons (Fsp3) is 0.611. The maximum absolute atomic E-state index is 10.5. The van der Waals surface area contributed by atoms with E-state index in [1.807, 2.05) is 18.2 Å². The number of thioether (sulfide) groups is 1. The summed E-state index contributed by atoms with van der Waals surface area (Å²) in [6, 6.07) is 7.48. The predicted molar refractivity (Wildman–Crippen MR) is 120 cm³/mol. The molecule has 0 bridgehead atoms. The lowest BCUT2D eigenvalue weighted by molar-refractivity contribution is 0.0775. The Hall–Kier alpha value is -0.870. The molecule has 2 saturated heterocycles. The first-order chi connectivity index (χ1) is 12.1. The zero-order chi connectivity index (χ0) is 17.7. The van der Waals surface area contributed by atoms with E-state index in [1.54, 1.807) is 17.8 Å². The van der Waals surface area contributed by atoms with Gasteiger partial charge in [0.2, 0.25) is 0 Å². The second-order valence-electron chi connectivity index (χ2n) is 6.66. The van der Waals surface area contributed by atoms with Gasteiger partial charge in [-0.25, -0.2) is 0 Å². The van der Waals surface area contributed by atoms with E-state index in [0.717, 1.165) is 62.3 Å². The molecular formula is C18H29IN4O2S. The minimum atomic E-state index is -0.650. The molecule has 0 aromatic heterocycles. The molecule has 146 valence electrons. The topological polar surface area (TPSA) is 71.3 Å². The first-order valence-electron chi connectivity index (χ1n) is 8.98. The lowest BCUT2D eigenvalue weighted by atomic mass is 10.0. The maximum Gasteiger partial charge on any atom is 0.194 e. The Balaban J connectivity index is 0.00000243. The number of nitrogens with zero attached hydrogens (tertiary/aromatic N) is 3. The number of aliphatic hydroxyl groups is 1. The molecule has 1 aromatic rings. The second kappa shape index (κ2) is 9.89. The summed E-state index contributed by atoms with van der Waals surface area (Å²) in [5.74, 6) is 3.00. The number of hydrogen-bond acceptors (Lipinski definition) is 5. The summed E-state index contributed by atoms with van der Waals surface area (Å²) >= 11 is 1.80. The Morgan fingerprint density at radius 3 is 2.62 bits per heavy atom. The minimum Gasteiger partial charge on any atom is -0.506 e. The van der Waals surface area contributed by atoms with Crippen LogP contribution in [-0.4, -0.2) is 77.4 Å². The molecule has 2 heterocycles. The van der Waals surface area contributed by atoms with E-state index >= 15 is 0 Å². The van der Waals surface area contributed by atoms with E-state index in [1.165, 1.54) is 0 Å². The van der Waals surface area contributed by atoms with Crippen LogP contribution in [0.5, 0.6) is 5.75 Å². The summed E-state index contributed by atoms with van der Waals surface area (Å²) in [7, 11) is 0. The van der Waals surface area contributed by atoms with E-state index in [2.05, 4.69) is 22.0 Å². The van der Waals surface area contributed by atoms with Crippen LogP contribution in [0.1, 0.15) is 13.3 Å². The maximum atomic E-state index is 10.5. The smallest absolute Gasteiger partial charge is 0.194 e. The average Bonchev–Trinajstić information content (AvgIpc) is 3.06. The number of phenols is 1. The number of phenolic OH excluding ortho intramolecular Hbond substituents is 1. The summed E-state index contributed by atoms with van der Waals surface area (Å²) in [5.41, 5.74) is 0.240. The summed E-state index contributed by atoms with van der Waals surface area (Å²) in [5, 5.41) is 23.9. The zero-order valence-corrected chi connectivity index (χ0v) is 18.4. The van der Waals surface area contributed by atoms with Crippen molar-refractivity contribution in [3.63, 3.8) is 0 Å². The Morgan fingerprint density at radius 2 is 2.00 bits per heavy atom. The van der Waals surface area contributed by atoms with Crippen molar-refractivity contribution in [1.82, 2.24) is 10.2 Å². The molecule has 2 aliphatic heterocycles. The summed E-state index contributed by atoms with van der Waals surface area (Å²) in [6.07, 6.45) is 0.821. The van der Waals surface area contributed by atoms with Gasteiger partial charge in [0.05, 0.1) is 17.8 Å². The Kier molecular flexibility index (Phi) is 8.15. The molecule has 26 heavy (non-hydrogen) atoms. The van der Waals surface area contributed by atoms with Crippen molar-refractivity contribution in [3.05, 3.63) is 24.3 Å². The SMILES string of the molecule is CCNC(=NCC1(O)CCSC1)N1CCN(c2ccccc2O)CC1.I. The Morgan fingerprint density at radius 1 is 1.27 bits per heavy atom. The van der Waals surface area contributed by atoms with Crippen LogP contribution in [0, 0.1) is 0 Å². The molecule has 3 rings (SSSR count). The number of benzene rings is 1. The van der Waals surface area contributed by atoms with Crippen LogP contribution in [0.4, 0.5) is 5.69 Å². The van der Waals surface area contributed by atoms with Crippen molar-refractivity contribution in [2.24, 2.45) is 4.99 Å². The number of aliphatic imine (C=N–C) groups is 1. The highest BCUT2D eigenvalue weighted by Gasteiger charge is 2.32. The number of para-hydroxylation sites is 2. The number of aromatic hydroxyl groups is 1. The van der Waals surface area contributed by atoms with Crippen LogP contribution in [0.3, 0.4) is 0 Å². The quantitative estimate of drug-likeness (QED) is 0.339. The van der Waals surface area contributed by atoms with Gasteiger partial charge in [0, 0.05) is 38.5 Å². The van der Waals surface area contributed by atoms with Crippen LogP contribution in [-0.2, 0) is 0 Å². The van der Waals surface area contributed by atoms with Gasteiger partial charge in [0.1, 0.15) is 5.75 Å². The van der Waals surface area contributed by atoms with Gasteiger partial charge in [0.25, 0.3) is 0 Å². The Labute approximate surface area is 177 Å². The largest absolute Gasteiger partial charge is 0.506 e.